The van der Waals surface area contributed by atoms with E-state index in [4.69, 9.17) is 0 Å². The lowest BCUT2D eigenvalue weighted by molar-refractivity contribution is -0.578. The second-order valence-electron chi connectivity index (χ2n) is 7.88. The molecule has 0 spiro atoms. The third-order valence-electron chi connectivity index (χ3n) is 6.74. The van der Waals surface area contributed by atoms with E-state index in [9.17, 15) is 19.7 Å². The third-order valence-corrected chi connectivity index (χ3v) is 6.74. The van der Waals surface area contributed by atoms with Gasteiger partial charge in [-0.2, -0.15) is 0 Å². The van der Waals surface area contributed by atoms with Crippen LogP contribution in [0.5, 0.6) is 0 Å². The highest BCUT2D eigenvalue weighted by Crippen LogP contribution is 2.64. The molecule has 1 saturated heterocycles. The Balaban J connectivity index is 1.70. The molecule has 1 aromatic heterocycles. The normalized spacial score (nSPS) is 28.1. The second-order valence-corrected chi connectivity index (χ2v) is 7.88. The number of imide groups is 1. The topological polar surface area (TPSA) is 93.4 Å². The molecule has 7 heteroatoms. The first-order valence-electron chi connectivity index (χ1n) is 9.70. The predicted octanol–water partition coefficient (Wildman–Crippen LogP) is 2.87. The number of rotatable bonds is 2. The van der Waals surface area contributed by atoms with Gasteiger partial charge < -0.3 is 0 Å². The van der Waals surface area contributed by atoms with Crippen molar-refractivity contribution in [3.63, 3.8) is 0 Å². The Morgan fingerprint density at radius 3 is 2.03 bits per heavy atom. The highest BCUT2D eigenvalue weighted by Gasteiger charge is 2.75. The van der Waals surface area contributed by atoms with Crippen molar-refractivity contribution in [1.29, 1.82) is 0 Å². The summed E-state index contributed by atoms with van der Waals surface area (Å²) in [6.07, 6.45) is 1.50. The zero-order valence-corrected chi connectivity index (χ0v) is 15.6. The van der Waals surface area contributed by atoms with Crippen LogP contribution < -0.4 is 4.90 Å². The van der Waals surface area contributed by atoms with Crippen LogP contribution >= 0.6 is 0 Å². The summed E-state index contributed by atoms with van der Waals surface area (Å²) in [6, 6.07) is 19.2. The SMILES string of the molecule is O=C1[C@@H]2[C@@H](C(=O)N1c1ccccn1)C1c3ccccc3C2([N+](=O)[O-])c2ccccc21. The van der Waals surface area contributed by atoms with E-state index in [1.165, 1.54) is 6.20 Å². The maximum atomic E-state index is 13.6. The molecule has 2 atom stereocenters. The number of aromatic nitrogens is 1. The molecule has 0 saturated carbocycles. The second kappa shape index (κ2) is 5.60. The number of carbonyl (C=O) groups excluding carboxylic acids is 2. The summed E-state index contributed by atoms with van der Waals surface area (Å²) in [7, 11) is 0. The first-order chi connectivity index (χ1) is 14.6. The molecule has 0 radical (unpaired) electrons. The van der Waals surface area contributed by atoms with Crippen LogP contribution in [0.25, 0.3) is 0 Å². The highest BCUT2D eigenvalue weighted by molar-refractivity contribution is 6.23. The van der Waals surface area contributed by atoms with Crippen LogP contribution in [-0.4, -0.2) is 21.7 Å². The van der Waals surface area contributed by atoms with Crippen LogP contribution in [0.4, 0.5) is 5.82 Å². The number of amides is 2. The molecule has 1 fully saturated rings. The average Bonchev–Trinajstić information content (AvgIpc) is 3.05. The average molecular weight is 397 g/mol. The van der Waals surface area contributed by atoms with Crippen molar-refractivity contribution in [1.82, 2.24) is 4.98 Å². The minimum atomic E-state index is -1.80. The molecule has 146 valence electrons. The number of hydrogen-bond acceptors (Lipinski definition) is 5. The minimum absolute atomic E-state index is 0.202. The molecule has 1 aliphatic heterocycles. The molecule has 2 bridgehead atoms. The van der Waals surface area contributed by atoms with Crippen LogP contribution in [0.15, 0.2) is 72.9 Å². The number of pyridine rings is 1. The fraction of sp³-hybridized carbons (Fsp3) is 0.174. The molecule has 3 aromatic rings. The smallest absolute Gasteiger partial charge is 0.274 e. The summed E-state index contributed by atoms with van der Waals surface area (Å²) in [5, 5.41) is 12.8. The lowest BCUT2D eigenvalue weighted by atomic mass is 9.51. The Kier molecular flexibility index (Phi) is 3.18. The summed E-state index contributed by atoms with van der Waals surface area (Å²) in [6.45, 7) is 0. The van der Waals surface area contributed by atoms with Crippen LogP contribution in [-0.2, 0) is 15.1 Å². The van der Waals surface area contributed by atoms with Crippen LogP contribution in [0.3, 0.4) is 0 Å². The predicted molar refractivity (Wildman–Crippen MR) is 106 cm³/mol. The van der Waals surface area contributed by atoms with Gasteiger partial charge in [-0.3, -0.25) is 19.7 Å². The quantitative estimate of drug-likeness (QED) is 0.377. The number of hydrogen-bond donors (Lipinski definition) is 0. The van der Waals surface area contributed by atoms with Gasteiger partial charge in [0.05, 0.1) is 5.92 Å². The fourth-order valence-corrected chi connectivity index (χ4v) is 5.75. The van der Waals surface area contributed by atoms with E-state index in [2.05, 4.69) is 4.98 Å². The van der Waals surface area contributed by atoms with Gasteiger partial charge in [-0.15, -0.1) is 0 Å². The molecule has 0 unspecified atom stereocenters. The van der Waals surface area contributed by atoms with E-state index < -0.39 is 35.1 Å². The van der Waals surface area contributed by atoms with Gasteiger partial charge >= 0.3 is 0 Å². The van der Waals surface area contributed by atoms with Gasteiger partial charge in [-0.25, -0.2) is 9.88 Å². The molecule has 3 aliphatic carbocycles. The van der Waals surface area contributed by atoms with Crippen molar-refractivity contribution in [2.24, 2.45) is 11.8 Å². The fourth-order valence-electron chi connectivity index (χ4n) is 5.75. The molecule has 7 rings (SSSR count). The number of anilines is 1. The summed E-state index contributed by atoms with van der Waals surface area (Å²) in [5.41, 5.74) is 0.701. The van der Waals surface area contributed by atoms with Crippen molar-refractivity contribution in [3.05, 3.63) is 105 Å². The van der Waals surface area contributed by atoms with E-state index in [1.54, 1.807) is 42.5 Å². The lowest BCUT2D eigenvalue weighted by Crippen LogP contribution is -2.57. The van der Waals surface area contributed by atoms with Crippen molar-refractivity contribution in [3.8, 4) is 0 Å². The van der Waals surface area contributed by atoms with Crippen molar-refractivity contribution in [2.45, 2.75) is 11.5 Å². The Morgan fingerprint density at radius 2 is 1.47 bits per heavy atom. The summed E-state index contributed by atoms with van der Waals surface area (Å²) < 4.78 is 0. The Hall–Kier alpha value is -3.87. The van der Waals surface area contributed by atoms with Crippen molar-refractivity contribution in [2.75, 3.05) is 4.90 Å². The minimum Gasteiger partial charge on any atom is -0.274 e. The molecule has 2 aromatic carbocycles. The maximum Gasteiger partial charge on any atom is 0.285 e. The Bertz CT molecular complexity index is 1210. The summed E-state index contributed by atoms with van der Waals surface area (Å²) in [5.74, 6) is -3.15. The molecular weight excluding hydrogens is 382 g/mol. The van der Waals surface area contributed by atoms with Gasteiger partial charge in [0, 0.05) is 28.2 Å². The summed E-state index contributed by atoms with van der Waals surface area (Å²) >= 11 is 0. The number of carbonyl (C=O) groups is 2. The Morgan fingerprint density at radius 1 is 0.867 bits per heavy atom. The zero-order valence-electron chi connectivity index (χ0n) is 15.6. The zero-order chi connectivity index (χ0) is 20.6. The van der Waals surface area contributed by atoms with Gasteiger partial charge in [-0.1, -0.05) is 54.6 Å². The van der Waals surface area contributed by atoms with Gasteiger partial charge in [0.1, 0.15) is 11.7 Å². The third kappa shape index (κ3) is 1.74. The Labute approximate surface area is 171 Å². The molecule has 2 amide bonds. The van der Waals surface area contributed by atoms with Crippen LogP contribution in [0, 0.1) is 22.0 Å². The summed E-state index contributed by atoms with van der Waals surface area (Å²) in [4.78, 5) is 44.8. The first kappa shape index (κ1) is 17.0. The number of nitrogens with zero attached hydrogens (tertiary/aromatic N) is 3. The van der Waals surface area contributed by atoms with Crippen molar-refractivity contribution >= 4 is 17.6 Å². The molecule has 30 heavy (non-hydrogen) atoms. The lowest BCUT2D eigenvalue weighted by Gasteiger charge is -2.48. The highest BCUT2D eigenvalue weighted by atomic mass is 16.6. The molecule has 4 aliphatic rings. The van der Waals surface area contributed by atoms with Gasteiger partial charge in [0.2, 0.25) is 11.8 Å². The first-order valence-corrected chi connectivity index (χ1v) is 9.70. The maximum absolute atomic E-state index is 13.6. The molecule has 2 heterocycles. The van der Waals surface area contributed by atoms with E-state index in [0.717, 1.165) is 16.0 Å². The van der Waals surface area contributed by atoms with E-state index in [0.29, 0.717) is 11.1 Å². The van der Waals surface area contributed by atoms with Gasteiger partial charge in [-0.05, 0) is 23.3 Å². The van der Waals surface area contributed by atoms with Crippen LogP contribution in [0.2, 0.25) is 0 Å². The van der Waals surface area contributed by atoms with E-state index in [-0.39, 0.29) is 10.7 Å². The molecule has 0 N–H and O–H groups in total. The van der Waals surface area contributed by atoms with Crippen LogP contribution in [0.1, 0.15) is 28.2 Å². The van der Waals surface area contributed by atoms with E-state index >= 15 is 0 Å². The van der Waals surface area contributed by atoms with Gasteiger partial charge in [0.15, 0.2) is 0 Å². The van der Waals surface area contributed by atoms with E-state index in [1.807, 2.05) is 24.3 Å². The largest absolute Gasteiger partial charge is 0.285 e. The monoisotopic (exact) mass is 397 g/mol. The molecule has 7 nitrogen and oxygen atoms in total. The van der Waals surface area contributed by atoms with Crippen molar-refractivity contribution < 1.29 is 14.5 Å². The number of nitro groups is 1. The van der Waals surface area contributed by atoms with Gasteiger partial charge in [0.25, 0.3) is 5.54 Å². The standard InChI is InChI=1S/C23H15N3O4/c27-21-19-18-13-7-1-3-9-15(13)23(26(29)30,16-10-4-2-8-14(16)18)20(19)22(28)25(21)17-11-5-6-12-24-17/h1-12,18-20H/t18?,19-,20-,23?/m0/s1. The number of benzene rings is 2. The molecular formula is C23H15N3O4.